The highest BCUT2D eigenvalue weighted by atomic mass is 14.8. The fourth-order valence-electron chi connectivity index (χ4n) is 0.442. The summed E-state index contributed by atoms with van der Waals surface area (Å²) in [6, 6.07) is 0. The van der Waals surface area contributed by atoms with Gasteiger partial charge in [0.2, 0.25) is 0 Å². The second-order valence-corrected chi connectivity index (χ2v) is 1.56. The smallest absolute Gasteiger partial charge is 0.00398 e. The monoisotopic (exact) mass is 162 g/mol. The molecule has 2 nitrogen and oxygen atoms in total. The van der Waals surface area contributed by atoms with Crippen molar-refractivity contribution in [2.24, 2.45) is 0 Å². The summed E-state index contributed by atoms with van der Waals surface area (Å²) in [5.41, 5.74) is 0. The number of nitrogens with one attached hydrogen (secondary N) is 2. The Labute approximate surface area is 72.8 Å². The van der Waals surface area contributed by atoms with Gasteiger partial charge >= 0.3 is 0 Å². The summed E-state index contributed by atoms with van der Waals surface area (Å²) in [6.45, 7) is 10.2. The molecule has 0 fully saturated rings. The van der Waals surface area contributed by atoms with Gasteiger partial charge < -0.3 is 10.6 Å². The number of rotatable bonds is 4. The molecule has 0 spiro atoms. The van der Waals surface area contributed by atoms with Crippen LogP contribution in [-0.2, 0) is 0 Å². The molecule has 0 aromatic carbocycles. The van der Waals surface area contributed by atoms with Crippen LogP contribution in [0.25, 0.3) is 0 Å². The highest BCUT2D eigenvalue weighted by Gasteiger charge is 1.77. The van der Waals surface area contributed by atoms with Crippen LogP contribution < -0.4 is 10.6 Å². The molecule has 72 valence electrons. The molecule has 0 unspecified atom stereocenters. The van der Waals surface area contributed by atoms with Gasteiger partial charge in [-0.05, 0) is 33.6 Å². The predicted octanol–water partition coefficient (Wildman–Crippen LogP) is 1.87. The van der Waals surface area contributed by atoms with Crippen molar-refractivity contribution in [3.63, 3.8) is 0 Å². The van der Waals surface area contributed by atoms with Gasteiger partial charge in [-0.1, -0.05) is 27.7 Å². The largest absolute Gasteiger partial charge is 0.320 e. The minimum Gasteiger partial charge on any atom is -0.320 e. The fourth-order valence-corrected chi connectivity index (χ4v) is 0.442. The Bertz CT molecular complexity index is 26.7. The highest BCUT2D eigenvalue weighted by Crippen LogP contribution is 1.66. The lowest BCUT2D eigenvalue weighted by atomic mass is 10.4. The van der Waals surface area contributed by atoms with E-state index in [9.17, 15) is 0 Å². The molecule has 0 amide bonds. The van der Waals surface area contributed by atoms with E-state index in [0.29, 0.717) is 0 Å². The van der Waals surface area contributed by atoms with Crippen LogP contribution in [0.2, 0.25) is 0 Å². The maximum Gasteiger partial charge on any atom is -0.00398 e. The van der Waals surface area contributed by atoms with Gasteiger partial charge in [-0.25, -0.2) is 0 Å². The minimum atomic E-state index is 1.11. The molecule has 0 atom stereocenters. The Morgan fingerprint density at radius 2 is 1.00 bits per heavy atom. The number of hydrogen-bond acceptors (Lipinski definition) is 2. The van der Waals surface area contributed by atoms with E-state index in [0.717, 1.165) is 13.1 Å². The molecule has 0 rings (SSSR count). The first-order valence-corrected chi connectivity index (χ1v) is 4.71. The zero-order valence-electron chi connectivity index (χ0n) is 9.12. The van der Waals surface area contributed by atoms with Crippen LogP contribution in [0.5, 0.6) is 0 Å². The van der Waals surface area contributed by atoms with E-state index in [1.807, 2.05) is 41.8 Å². The topological polar surface area (TPSA) is 24.1 Å². The fraction of sp³-hybridized carbons (Fsp3) is 1.00. The van der Waals surface area contributed by atoms with Gasteiger partial charge in [0.1, 0.15) is 0 Å². The van der Waals surface area contributed by atoms with Crippen molar-refractivity contribution in [2.75, 3.05) is 27.2 Å². The lowest BCUT2D eigenvalue weighted by Gasteiger charge is -1.95. The maximum absolute atomic E-state index is 3.06. The average Bonchev–Trinajstić information content (AvgIpc) is 2.13. The Kier molecular flexibility index (Phi) is 50.8. The third kappa shape index (κ3) is 40.5. The van der Waals surface area contributed by atoms with Crippen LogP contribution in [0.3, 0.4) is 0 Å². The quantitative estimate of drug-likeness (QED) is 0.617. The van der Waals surface area contributed by atoms with E-state index in [1.54, 1.807) is 0 Å². The summed E-state index contributed by atoms with van der Waals surface area (Å²) in [4.78, 5) is 0. The zero-order valence-corrected chi connectivity index (χ0v) is 9.12. The van der Waals surface area contributed by atoms with Crippen molar-refractivity contribution >= 4 is 0 Å². The van der Waals surface area contributed by atoms with E-state index in [1.165, 1.54) is 6.42 Å². The van der Waals surface area contributed by atoms with Gasteiger partial charge in [0.25, 0.3) is 0 Å². The molecule has 0 aromatic rings. The molecule has 0 saturated carbocycles. The van der Waals surface area contributed by atoms with E-state index in [-0.39, 0.29) is 0 Å². The summed E-state index contributed by atoms with van der Waals surface area (Å²) in [7, 11) is 3.94. The average molecular weight is 162 g/mol. The van der Waals surface area contributed by atoms with Crippen LogP contribution in [0.15, 0.2) is 0 Å². The van der Waals surface area contributed by atoms with Gasteiger partial charge in [0.15, 0.2) is 0 Å². The lowest BCUT2D eigenvalue weighted by Crippen LogP contribution is -2.15. The van der Waals surface area contributed by atoms with Gasteiger partial charge in [0, 0.05) is 0 Å². The normalized spacial score (nSPS) is 7.09. The van der Waals surface area contributed by atoms with E-state index >= 15 is 0 Å². The van der Waals surface area contributed by atoms with Crippen LogP contribution in [-0.4, -0.2) is 27.2 Å². The minimum absolute atomic E-state index is 1.11. The van der Waals surface area contributed by atoms with E-state index < -0.39 is 0 Å². The summed E-state index contributed by atoms with van der Waals surface area (Å²) in [6.07, 6.45) is 1.22. The SMILES string of the molecule is CC.CC.CNCCCNC. The van der Waals surface area contributed by atoms with Crippen LogP contribution in [0.4, 0.5) is 0 Å². The first-order chi connectivity index (χ1) is 5.41. The van der Waals surface area contributed by atoms with Gasteiger partial charge in [-0.3, -0.25) is 0 Å². The molecule has 2 N–H and O–H groups in total. The summed E-state index contributed by atoms with van der Waals surface area (Å²) in [5, 5.41) is 6.12. The van der Waals surface area contributed by atoms with Crippen molar-refractivity contribution in [2.45, 2.75) is 34.1 Å². The Hall–Kier alpha value is -0.0800. The Morgan fingerprint density at radius 1 is 0.727 bits per heavy atom. The second-order valence-electron chi connectivity index (χ2n) is 1.56. The summed E-state index contributed by atoms with van der Waals surface area (Å²) in [5.74, 6) is 0. The molecule has 2 heteroatoms. The maximum atomic E-state index is 3.06. The molecule has 11 heavy (non-hydrogen) atoms. The molecule has 0 aromatic heterocycles. The van der Waals surface area contributed by atoms with Crippen molar-refractivity contribution in [1.82, 2.24) is 10.6 Å². The van der Waals surface area contributed by atoms with Gasteiger partial charge in [0.05, 0.1) is 0 Å². The third-order valence-corrected chi connectivity index (χ3v) is 0.854. The lowest BCUT2D eigenvalue weighted by molar-refractivity contribution is 0.676. The molecule has 0 aliphatic rings. The van der Waals surface area contributed by atoms with Crippen molar-refractivity contribution in [1.29, 1.82) is 0 Å². The van der Waals surface area contributed by atoms with E-state index in [4.69, 9.17) is 0 Å². The first kappa shape index (κ1) is 17.1. The molecular weight excluding hydrogens is 136 g/mol. The molecule has 0 saturated heterocycles. The Morgan fingerprint density at radius 3 is 1.18 bits per heavy atom. The first-order valence-electron chi connectivity index (χ1n) is 4.71. The van der Waals surface area contributed by atoms with Crippen molar-refractivity contribution in [3.8, 4) is 0 Å². The highest BCUT2D eigenvalue weighted by molar-refractivity contribution is 4.42. The molecule has 0 aliphatic carbocycles. The third-order valence-electron chi connectivity index (χ3n) is 0.854. The standard InChI is InChI=1S/C5H14N2.2C2H6/c1-6-4-3-5-7-2;2*1-2/h6-7H,3-5H2,1-2H3;2*1-2H3. The number of hydrogen-bond donors (Lipinski definition) is 2. The van der Waals surface area contributed by atoms with Crippen LogP contribution in [0.1, 0.15) is 34.1 Å². The van der Waals surface area contributed by atoms with Crippen LogP contribution in [0, 0.1) is 0 Å². The zero-order chi connectivity index (χ0) is 9.54. The van der Waals surface area contributed by atoms with Crippen molar-refractivity contribution < 1.29 is 0 Å². The van der Waals surface area contributed by atoms with Crippen LogP contribution >= 0.6 is 0 Å². The predicted molar refractivity (Wildman–Crippen MR) is 55.2 cm³/mol. The second kappa shape index (κ2) is 32.6. The molecule has 0 bridgehead atoms. The van der Waals surface area contributed by atoms with Crippen molar-refractivity contribution in [3.05, 3.63) is 0 Å². The Balaban J connectivity index is -0.000000138. The van der Waals surface area contributed by atoms with Gasteiger partial charge in [-0.2, -0.15) is 0 Å². The molecular formula is C9H26N2. The van der Waals surface area contributed by atoms with Gasteiger partial charge in [-0.15, -0.1) is 0 Å². The molecule has 0 heterocycles. The molecule has 0 radical (unpaired) electrons. The summed E-state index contributed by atoms with van der Waals surface area (Å²) < 4.78 is 0. The van der Waals surface area contributed by atoms with E-state index in [2.05, 4.69) is 10.6 Å². The molecule has 0 aliphatic heterocycles. The summed E-state index contributed by atoms with van der Waals surface area (Å²) >= 11 is 0.